The number of amides is 2. The fourth-order valence-corrected chi connectivity index (χ4v) is 4.49. The Hall–Kier alpha value is -3.35. The normalized spacial score (nSPS) is 13.6. The van der Waals surface area contributed by atoms with Crippen LogP contribution in [0.5, 0.6) is 0 Å². The van der Waals surface area contributed by atoms with Gasteiger partial charge in [0.1, 0.15) is 12.6 Å². The Bertz CT molecular complexity index is 1020. The number of carbonyl (C=O) groups is 3. The molecule has 2 aromatic carbocycles. The second-order valence-corrected chi connectivity index (χ2v) is 10.3. The van der Waals surface area contributed by atoms with Crippen LogP contribution in [0, 0.1) is 11.3 Å². The second kappa shape index (κ2) is 11.4. The highest BCUT2D eigenvalue weighted by molar-refractivity contribution is 5.83. The Balaban J connectivity index is 1.42. The van der Waals surface area contributed by atoms with E-state index in [2.05, 4.69) is 34.9 Å². The fourth-order valence-electron chi connectivity index (χ4n) is 4.49. The van der Waals surface area contributed by atoms with E-state index in [1.807, 2.05) is 38.1 Å². The number of hydrogen-bond donors (Lipinski definition) is 3. The minimum atomic E-state index is -1.03. The lowest BCUT2D eigenvalue weighted by Gasteiger charge is -2.25. The molecule has 0 aromatic heterocycles. The summed E-state index contributed by atoms with van der Waals surface area (Å²) in [6.45, 7) is 8.27. The van der Waals surface area contributed by atoms with Crippen molar-refractivity contribution in [3.8, 4) is 11.1 Å². The minimum Gasteiger partial charge on any atom is -0.480 e. The van der Waals surface area contributed by atoms with Crippen molar-refractivity contribution >= 4 is 18.0 Å². The van der Waals surface area contributed by atoms with Gasteiger partial charge in [0.05, 0.1) is 0 Å². The highest BCUT2D eigenvalue weighted by atomic mass is 16.5. The molecule has 0 spiro atoms. The maximum absolute atomic E-state index is 12.4. The number of rotatable bonds is 11. The topological polar surface area (TPSA) is 105 Å². The molecule has 3 rings (SSSR count). The van der Waals surface area contributed by atoms with Crippen molar-refractivity contribution in [2.45, 2.75) is 58.9 Å². The van der Waals surface area contributed by atoms with E-state index in [9.17, 15) is 19.5 Å². The number of hydrogen-bond acceptors (Lipinski definition) is 4. The fraction of sp³-hybridized carbons (Fsp3) is 0.464. The van der Waals surface area contributed by atoms with Crippen LogP contribution in [0.15, 0.2) is 48.5 Å². The summed E-state index contributed by atoms with van der Waals surface area (Å²) in [4.78, 5) is 35.9. The highest BCUT2D eigenvalue weighted by Crippen LogP contribution is 2.44. The molecule has 0 fully saturated rings. The van der Waals surface area contributed by atoms with Crippen LogP contribution in [0.1, 0.15) is 64.0 Å². The molecule has 1 aliphatic rings. The molecule has 0 radical (unpaired) electrons. The van der Waals surface area contributed by atoms with Crippen LogP contribution in [0.3, 0.4) is 0 Å². The smallest absolute Gasteiger partial charge is 0.407 e. The third-order valence-corrected chi connectivity index (χ3v) is 6.69. The first-order valence-electron chi connectivity index (χ1n) is 12.2. The first-order valence-corrected chi connectivity index (χ1v) is 12.2. The summed E-state index contributed by atoms with van der Waals surface area (Å²) in [7, 11) is 0. The van der Waals surface area contributed by atoms with Gasteiger partial charge in [-0.25, -0.2) is 9.59 Å². The molecule has 7 nitrogen and oxygen atoms in total. The number of fused-ring (bicyclic) bond motifs is 3. The number of carboxylic acid groups (broad SMARTS) is 1. The summed E-state index contributed by atoms with van der Waals surface area (Å²) in [5, 5.41) is 14.6. The summed E-state index contributed by atoms with van der Waals surface area (Å²) in [6.07, 6.45) is 1.02. The zero-order valence-electron chi connectivity index (χ0n) is 21.0. The van der Waals surface area contributed by atoms with Crippen molar-refractivity contribution in [1.82, 2.24) is 10.6 Å². The van der Waals surface area contributed by atoms with E-state index in [1.54, 1.807) is 13.8 Å². The average Bonchev–Trinajstić information content (AvgIpc) is 3.13. The summed E-state index contributed by atoms with van der Waals surface area (Å²) >= 11 is 0. The van der Waals surface area contributed by atoms with Crippen LogP contribution < -0.4 is 10.6 Å². The summed E-state index contributed by atoms with van der Waals surface area (Å²) < 4.78 is 5.57. The molecule has 1 aliphatic carbocycles. The number of benzene rings is 2. The Morgan fingerprint density at radius 1 is 0.971 bits per heavy atom. The van der Waals surface area contributed by atoms with Crippen LogP contribution in [-0.2, 0) is 14.3 Å². The Labute approximate surface area is 207 Å². The van der Waals surface area contributed by atoms with Crippen LogP contribution in [0.2, 0.25) is 0 Å². The lowest BCUT2D eigenvalue weighted by molar-refractivity contribution is -0.143. The maximum Gasteiger partial charge on any atom is 0.407 e. The van der Waals surface area contributed by atoms with Gasteiger partial charge < -0.3 is 20.5 Å². The van der Waals surface area contributed by atoms with Crippen molar-refractivity contribution in [2.24, 2.45) is 11.3 Å². The number of ether oxygens (including phenoxy) is 1. The van der Waals surface area contributed by atoms with E-state index >= 15 is 0 Å². The van der Waals surface area contributed by atoms with E-state index in [4.69, 9.17) is 4.74 Å². The zero-order valence-corrected chi connectivity index (χ0v) is 21.0. The molecule has 2 aromatic rings. The van der Waals surface area contributed by atoms with E-state index in [1.165, 1.54) is 22.3 Å². The number of carbonyl (C=O) groups excluding carboxylic acids is 2. The Kier molecular flexibility index (Phi) is 8.54. The molecule has 0 saturated carbocycles. The third-order valence-electron chi connectivity index (χ3n) is 6.69. The van der Waals surface area contributed by atoms with Gasteiger partial charge >= 0.3 is 12.1 Å². The van der Waals surface area contributed by atoms with Crippen LogP contribution in [0.25, 0.3) is 11.1 Å². The van der Waals surface area contributed by atoms with Crippen molar-refractivity contribution in [3.63, 3.8) is 0 Å². The predicted molar refractivity (Wildman–Crippen MR) is 135 cm³/mol. The summed E-state index contributed by atoms with van der Waals surface area (Å²) in [5.74, 6) is -1.47. The zero-order chi connectivity index (χ0) is 25.6. The molecular weight excluding hydrogens is 444 g/mol. The van der Waals surface area contributed by atoms with Gasteiger partial charge in [0, 0.05) is 18.9 Å². The molecule has 7 heteroatoms. The van der Waals surface area contributed by atoms with Gasteiger partial charge in [-0.1, -0.05) is 76.2 Å². The Morgan fingerprint density at radius 2 is 1.54 bits per heavy atom. The monoisotopic (exact) mass is 480 g/mol. The van der Waals surface area contributed by atoms with Gasteiger partial charge in [0.15, 0.2) is 0 Å². The lowest BCUT2D eigenvalue weighted by atomic mass is 9.84. The van der Waals surface area contributed by atoms with Crippen molar-refractivity contribution in [2.75, 3.05) is 13.2 Å². The molecule has 0 bridgehead atoms. The van der Waals surface area contributed by atoms with E-state index in [0.29, 0.717) is 19.4 Å². The molecule has 3 N–H and O–H groups in total. The molecular formula is C28H36N2O5. The molecule has 2 amide bonds. The maximum atomic E-state index is 12.4. The van der Waals surface area contributed by atoms with Crippen LogP contribution >= 0.6 is 0 Å². The molecule has 0 heterocycles. The quantitative estimate of drug-likeness (QED) is 0.422. The molecule has 1 atom stereocenters. The first-order chi connectivity index (χ1) is 16.6. The Morgan fingerprint density at radius 3 is 2.09 bits per heavy atom. The first kappa shape index (κ1) is 26.3. The van der Waals surface area contributed by atoms with Gasteiger partial charge in [-0.15, -0.1) is 0 Å². The van der Waals surface area contributed by atoms with Gasteiger partial charge in [-0.3, -0.25) is 4.79 Å². The number of carboxylic acids is 1. The minimum absolute atomic E-state index is 0.0172. The largest absolute Gasteiger partial charge is 0.480 e. The summed E-state index contributed by atoms with van der Waals surface area (Å²) in [5.41, 5.74) is 4.51. The summed E-state index contributed by atoms with van der Waals surface area (Å²) in [6, 6.07) is 15.5. The van der Waals surface area contributed by atoms with E-state index < -0.39 is 18.1 Å². The van der Waals surface area contributed by atoms with E-state index in [0.717, 1.165) is 0 Å². The molecule has 188 valence electrons. The van der Waals surface area contributed by atoms with Gasteiger partial charge in [-0.2, -0.15) is 0 Å². The lowest BCUT2D eigenvalue weighted by Crippen LogP contribution is -2.44. The molecule has 0 saturated heterocycles. The van der Waals surface area contributed by atoms with Crippen molar-refractivity contribution < 1.29 is 24.2 Å². The molecule has 0 aliphatic heterocycles. The number of alkyl carbamates (subject to hydrolysis) is 1. The molecule has 35 heavy (non-hydrogen) atoms. The number of nitrogens with one attached hydrogen (secondary N) is 2. The van der Waals surface area contributed by atoms with Crippen molar-refractivity contribution in [3.05, 3.63) is 59.7 Å². The highest BCUT2D eigenvalue weighted by Gasteiger charge is 2.29. The van der Waals surface area contributed by atoms with Crippen LogP contribution in [0.4, 0.5) is 4.79 Å². The number of aliphatic carboxylic acids is 1. The predicted octanol–water partition coefficient (Wildman–Crippen LogP) is 4.95. The van der Waals surface area contributed by atoms with Gasteiger partial charge in [0.25, 0.3) is 0 Å². The third kappa shape index (κ3) is 6.84. The standard InChI is InChI=1S/C28H36N2O5/c1-18(2)25(26(32)33)30-24(31)13-14-28(3,4)15-16-29-27(34)35-17-23-21-11-7-5-9-19(21)20-10-6-8-12-22(20)23/h5-12,18,23,25H,13-17H2,1-4H3,(H,29,34)(H,30,31)(H,32,33). The SMILES string of the molecule is CC(C)C(NC(=O)CCC(C)(C)CCNC(=O)OCC1c2ccccc2-c2ccccc21)C(=O)O. The van der Waals surface area contributed by atoms with Gasteiger partial charge in [-0.05, 0) is 46.4 Å². The van der Waals surface area contributed by atoms with E-state index in [-0.39, 0.29) is 36.2 Å². The van der Waals surface area contributed by atoms with Crippen molar-refractivity contribution in [1.29, 1.82) is 0 Å². The van der Waals surface area contributed by atoms with Gasteiger partial charge in [0.2, 0.25) is 5.91 Å². The van der Waals surface area contributed by atoms with Crippen LogP contribution in [-0.4, -0.2) is 42.3 Å². The second-order valence-electron chi connectivity index (χ2n) is 10.3. The average molecular weight is 481 g/mol. The molecule has 1 unspecified atom stereocenters.